The average molecular weight is 173 g/mol. The van der Waals surface area contributed by atoms with Crippen LogP contribution in [0, 0.1) is 0 Å². The monoisotopic (exact) mass is 173 g/mol. The fourth-order valence-electron chi connectivity index (χ4n) is 0.304. The number of rotatable bonds is 3. The minimum Gasteiger partial charge on any atom is -0.275 e. The maximum absolute atomic E-state index is 10.1. The van der Waals surface area contributed by atoms with E-state index >= 15 is 0 Å². The molecule has 0 N–H and O–H groups in total. The number of carbonyl (C=O) groups excluding carboxylic acids is 1. The molecular weight excluding hydrogens is 163 g/mol. The van der Waals surface area contributed by atoms with Crippen molar-refractivity contribution in [2.45, 2.75) is 19.8 Å². The first-order valence-electron chi connectivity index (χ1n) is 2.63. The molecule has 0 spiro atoms. The van der Waals surface area contributed by atoms with Crippen LogP contribution >= 0.6 is 24.4 Å². The van der Waals surface area contributed by atoms with Crippen LogP contribution in [-0.2, 0) is 0 Å². The number of hydrogen-bond donors (Lipinski definition) is 1. The molecule has 0 aromatic carbocycles. The number of hydrogen-bond acceptors (Lipinski definition) is 2. The maximum Gasteiger partial charge on any atom is 0.243 e. The summed E-state index contributed by atoms with van der Waals surface area (Å²) in [4.78, 5) is 10.1. The Morgan fingerprint density at radius 1 is 1.67 bits per heavy atom. The second-order valence-electron chi connectivity index (χ2n) is 1.47. The van der Waals surface area contributed by atoms with Gasteiger partial charge in [0, 0.05) is 35.3 Å². The third kappa shape index (κ3) is 12.5. The molecular formula is C5H10NaOS2. The molecule has 0 amide bonds. The fraction of sp³-hybridized carbons (Fsp3) is 0.800. The first-order valence-corrected chi connectivity index (χ1v) is 4.06. The molecule has 4 heteroatoms. The Morgan fingerprint density at radius 3 is 2.56 bits per heavy atom. The van der Waals surface area contributed by atoms with Gasteiger partial charge in [-0.05, 0) is 6.42 Å². The van der Waals surface area contributed by atoms with Crippen LogP contribution in [0.2, 0.25) is 0 Å². The summed E-state index contributed by atoms with van der Waals surface area (Å²) in [5.41, 5.74) is 0. The van der Waals surface area contributed by atoms with Gasteiger partial charge in [-0.15, -0.1) is 0 Å². The second-order valence-corrected chi connectivity index (χ2v) is 3.24. The van der Waals surface area contributed by atoms with Gasteiger partial charge in [0.15, 0.2) is 0 Å². The zero-order chi connectivity index (χ0) is 6.41. The Hall–Kier alpha value is 1.37. The first-order chi connectivity index (χ1) is 3.77. The van der Waals surface area contributed by atoms with Crippen LogP contribution in [0.15, 0.2) is 0 Å². The molecule has 1 nitrogen and oxygen atoms in total. The molecule has 1 radical (unpaired) electrons. The van der Waals surface area contributed by atoms with Gasteiger partial charge in [0.25, 0.3) is 0 Å². The van der Waals surface area contributed by atoms with Crippen molar-refractivity contribution in [2.75, 3.05) is 5.75 Å². The minimum atomic E-state index is -0.0709. The van der Waals surface area contributed by atoms with Gasteiger partial charge in [-0.25, -0.2) is 0 Å². The summed E-state index contributed by atoms with van der Waals surface area (Å²) >= 11 is 4.88. The molecule has 9 heavy (non-hydrogen) atoms. The van der Waals surface area contributed by atoms with Crippen LogP contribution < -0.4 is 0 Å². The molecule has 0 heterocycles. The van der Waals surface area contributed by atoms with Crippen LogP contribution in [0.1, 0.15) is 19.8 Å². The number of thiol groups is 1. The van der Waals surface area contributed by atoms with Gasteiger partial charge < -0.3 is 0 Å². The predicted octanol–water partition coefficient (Wildman–Crippen LogP) is 2.19. The van der Waals surface area contributed by atoms with Crippen LogP contribution in [0.3, 0.4) is 0 Å². The van der Waals surface area contributed by atoms with Crippen molar-refractivity contribution in [3.05, 3.63) is 0 Å². The minimum absolute atomic E-state index is 0. The summed E-state index contributed by atoms with van der Waals surface area (Å²) in [6, 6.07) is 0. The average Bonchev–Trinajstić information content (AvgIpc) is 1.66. The van der Waals surface area contributed by atoms with Crippen molar-refractivity contribution in [3.63, 3.8) is 0 Å². The van der Waals surface area contributed by atoms with E-state index in [2.05, 4.69) is 19.6 Å². The number of thioether (sulfide) groups is 1. The van der Waals surface area contributed by atoms with E-state index in [-0.39, 0.29) is 34.0 Å². The zero-order valence-electron chi connectivity index (χ0n) is 5.89. The topological polar surface area (TPSA) is 17.1 Å². The van der Waals surface area contributed by atoms with E-state index in [4.69, 9.17) is 0 Å². The van der Waals surface area contributed by atoms with Gasteiger partial charge >= 0.3 is 0 Å². The number of unbranched alkanes of at least 4 members (excludes halogenated alkanes) is 1. The van der Waals surface area contributed by atoms with Crippen molar-refractivity contribution in [1.82, 2.24) is 0 Å². The maximum atomic E-state index is 10.1. The normalized spacial score (nSPS) is 8.22. The quantitative estimate of drug-likeness (QED) is 0.400. The molecule has 0 fully saturated rings. The summed E-state index contributed by atoms with van der Waals surface area (Å²) in [5, 5.41) is 0. The van der Waals surface area contributed by atoms with Crippen molar-refractivity contribution < 1.29 is 4.79 Å². The summed E-state index contributed by atoms with van der Waals surface area (Å²) < 4.78 is -0.0709. The smallest absolute Gasteiger partial charge is 0.243 e. The Kier molecular flexibility index (Phi) is 13.5. The van der Waals surface area contributed by atoms with Crippen molar-refractivity contribution in [2.24, 2.45) is 0 Å². The SMILES string of the molecule is CCCCSC(=O)S.[Na]. The third-order valence-corrected chi connectivity index (χ3v) is 1.85. The Morgan fingerprint density at radius 2 is 2.22 bits per heavy atom. The van der Waals surface area contributed by atoms with E-state index in [1.54, 1.807) is 0 Å². The predicted molar refractivity (Wildman–Crippen MR) is 47.5 cm³/mol. The molecule has 0 saturated heterocycles. The largest absolute Gasteiger partial charge is 0.275 e. The molecule has 0 bridgehead atoms. The van der Waals surface area contributed by atoms with Crippen LogP contribution in [0.25, 0.3) is 0 Å². The summed E-state index contributed by atoms with van der Waals surface area (Å²) in [6.07, 6.45) is 2.25. The first kappa shape index (κ1) is 13.0. The summed E-state index contributed by atoms with van der Waals surface area (Å²) in [7, 11) is 0. The molecule has 0 saturated carbocycles. The van der Waals surface area contributed by atoms with Gasteiger partial charge in [-0.1, -0.05) is 37.7 Å². The van der Waals surface area contributed by atoms with Crippen LogP contribution in [0.5, 0.6) is 0 Å². The van der Waals surface area contributed by atoms with Crippen molar-refractivity contribution in [1.29, 1.82) is 0 Å². The molecule has 0 aliphatic heterocycles. The van der Waals surface area contributed by atoms with Crippen LogP contribution in [0.4, 0.5) is 4.79 Å². The third-order valence-electron chi connectivity index (χ3n) is 0.723. The van der Waals surface area contributed by atoms with Gasteiger partial charge in [0.05, 0.1) is 0 Å². The second kappa shape index (κ2) is 9.37. The zero-order valence-corrected chi connectivity index (χ0v) is 9.60. The van der Waals surface area contributed by atoms with Gasteiger partial charge in [-0.3, -0.25) is 4.79 Å². The van der Waals surface area contributed by atoms with E-state index < -0.39 is 0 Å². The van der Waals surface area contributed by atoms with Crippen molar-refractivity contribution >= 4 is 58.4 Å². The van der Waals surface area contributed by atoms with E-state index in [0.29, 0.717) is 0 Å². The van der Waals surface area contributed by atoms with Crippen LogP contribution in [-0.4, -0.2) is 39.8 Å². The standard InChI is InChI=1S/C5H10OS2.Na/c1-2-3-4-8-5(6)7;/h2-4H2,1H3,(H,6,7);. The molecule has 0 atom stereocenters. The number of carbonyl (C=O) groups is 1. The molecule has 0 aromatic rings. The van der Waals surface area contributed by atoms with Gasteiger partial charge in [0.2, 0.25) is 4.45 Å². The Labute approximate surface area is 88.1 Å². The van der Waals surface area contributed by atoms with E-state index in [9.17, 15) is 4.79 Å². The molecule has 49 valence electrons. The van der Waals surface area contributed by atoms with E-state index in [0.717, 1.165) is 18.6 Å². The van der Waals surface area contributed by atoms with E-state index in [1.807, 2.05) is 0 Å². The van der Waals surface area contributed by atoms with Gasteiger partial charge in [-0.2, -0.15) is 0 Å². The molecule has 0 aliphatic rings. The molecule has 0 aliphatic carbocycles. The van der Waals surface area contributed by atoms with Gasteiger partial charge in [0.1, 0.15) is 0 Å². The van der Waals surface area contributed by atoms with Crippen molar-refractivity contribution in [3.8, 4) is 0 Å². The molecule has 0 rings (SSSR count). The Bertz CT molecular complexity index is 77.4. The Balaban J connectivity index is 0. The fourth-order valence-corrected chi connectivity index (χ4v) is 1.19. The summed E-state index contributed by atoms with van der Waals surface area (Å²) in [6.45, 7) is 2.10. The summed E-state index contributed by atoms with van der Waals surface area (Å²) in [5.74, 6) is 0.916. The van der Waals surface area contributed by atoms with E-state index in [1.165, 1.54) is 11.8 Å². The molecule has 0 unspecified atom stereocenters. The molecule has 0 aromatic heterocycles.